The summed E-state index contributed by atoms with van der Waals surface area (Å²) >= 11 is 1.90. The number of amides is 1. The number of unbranched alkanes of at least 4 members (excludes halogenated alkanes) is 1. The van der Waals surface area contributed by atoms with Gasteiger partial charge < -0.3 is 10.6 Å². The molecule has 1 heterocycles. The van der Waals surface area contributed by atoms with Gasteiger partial charge in [0.15, 0.2) is 0 Å². The van der Waals surface area contributed by atoms with Crippen molar-refractivity contribution in [2.75, 3.05) is 25.1 Å². The number of piperidine rings is 1. The Morgan fingerprint density at radius 3 is 3.07 bits per heavy atom. The molecule has 0 bridgehead atoms. The first-order chi connectivity index (χ1) is 6.83. The zero-order chi connectivity index (χ0) is 10.2. The lowest BCUT2D eigenvalue weighted by Gasteiger charge is -2.23. The monoisotopic (exact) mass is 216 g/mol. The van der Waals surface area contributed by atoms with Gasteiger partial charge in [0, 0.05) is 19.0 Å². The Morgan fingerprint density at radius 1 is 1.57 bits per heavy atom. The fraction of sp³-hybridized carbons (Fsp3) is 0.900. The molecule has 14 heavy (non-hydrogen) atoms. The lowest BCUT2D eigenvalue weighted by atomic mass is 10.1. The summed E-state index contributed by atoms with van der Waals surface area (Å²) in [7, 11) is 0. The molecule has 0 radical (unpaired) electrons. The molecule has 4 heteroatoms. The molecule has 82 valence electrons. The van der Waals surface area contributed by atoms with Crippen LogP contribution in [0.2, 0.25) is 0 Å². The third kappa shape index (κ3) is 4.86. The average molecular weight is 216 g/mol. The van der Waals surface area contributed by atoms with E-state index in [2.05, 4.69) is 16.9 Å². The Balaban J connectivity index is 1.94. The summed E-state index contributed by atoms with van der Waals surface area (Å²) in [5, 5.41) is 6.36. The van der Waals surface area contributed by atoms with Crippen molar-refractivity contribution in [3.8, 4) is 0 Å². The number of thioether (sulfide) groups is 1. The van der Waals surface area contributed by atoms with Crippen molar-refractivity contribution in [1.29, 1.82) is 0 Å². The lowest BCUT2D eigenvalue weighted by Crippen LogP contribution is -2.45. The van der Waals surface area contributed by atoms with Crippen molar-refractivity contribution in [2.45, 2.75) is 31.7 Å². The highest BCUT2D eigenvalue weighted by atomic mass is 32.2. The van der Waals surface area contributed by atoms with Gasteiger partial charge in [-0.2, -0.15) is 11.8 Å². The Morgan fingerprint density at radius 2 is 2.43 bits per heavy atom. The van der Waals surface area contributed by atoms with Gasteiger partial charge in [0.05, 0.1) is 0 Å². The number of carbonyl (C=O) groups is 1. The molecule has 0 saturated carbocycles. The molecule has 0 spiro atoms. The van der Waals surface area contributed by atoms with Crippen LogP contribution in [0.25, 0.3) is 0 Å². The van der Waals surface area contributed by atoms with E-state index in [1.54, 1.807) is 0 Å². The quantitative estimate of drug-likeness (QED) is 0.651. The molecule has 1 atom stereocenters. The third-order valence-corrected chi connectivity index (χ3v) is 3.17. The van der Waals surface area contributed by atoms with Gasteiger partial charge >= 0.3 is 0 Å². The Hall–Kier alpha value is -0.220. The third-order valence-electron chi connectivity index (χ3n) is 2.47. The summed E-state index contributed by atoms with van der Waals surface area (Å²) in [6.45, 7) is 1.89. The van der Waals surface area contributed by atoms with Crippen LogP contribution in [0, 0.1) is 0 Å². The van der Waals surface area contributed by atoms with Gasteiger partial charge in [-0.25, -0.2) is 0 Å². The SMILES string of the molecule is CSCCCCNC1CCC(=O)NC1. The highest BCUT2D eigenvalue weighted by Crippen LogP contribution is 2.03. The zero-order valence-corrected chi connectivity index (χ0v) is 9.66. The predicted molar refractivity (Wildman–Crippen MR) is 61.7 cm³/mol. The standard InChI is InChI=1S/C10H20N2OS/c1-14-7-3-2-6-11-9-4-5-10(13)12-8-9/h9,11H,2-8H2,1H3,(H,12,13). The van der Waals surface area contributed by atoms with Gasteiger partial charge in [0.25, 0.3) is 0 Å². The van der Waals surface area contributed by atoms with Crippen molar-refractivity contribution < 1.29 is 4.79 Å². The van der Waals surface area contributed by atoms with Crippen molar-refractivity contribution in [3.05, 3.63) is 0 Å². The average Bonchev–Trinajstić information content (AvgIpc) is 2.21. The fourth-order valence-corrected chi connectivity index (χ4v) is 2.08. The molecular weight excluding hydrogens is 196 g/mol. The predicted octanol–water partition coefficient (Wildman–Crippen LogP) is 0.998. The second-order valence-electron chi connectivity index (χ2n) is 3.69. The first-order valence-corrected chi connectivity index (χ1v) is 6.71. The van der Waals surface area contributed by atoms with Crippen molar-refractivity contribution in [1.82, 2.24) is 10.6 Å². The summed E-state index contributed by atoms with van der Waals surface area (Å²) < 4.78 is 0. The molecule has 1 rings (SSSR count). The molecule has 3 nitrogen and oxygen atoms in total. The Labute approximate surface area is 90.4 Å². The lowest BCUT2D eigenvalue weighted by molar-refractivity contribution is -0.122. The molecule has 1 unspecified atom stereocenters. The van der Waals surface area contributed by atoms with E-state index < -0.39 is 0 Å². The summed E-state index contributed by atoms with van der Waals surface area (Å²) in [5.41, 5.74) is 0. The molecule has 1 aliphatic rings. The van der Waals surface area contributed by atoms with Gasteiger partial charge in [-0.3, -0.25) is 4.79 Å². The normalized spacial score (nSPS) is 22.1. The summed E-state index contributed by atoms with van der Waals surface area (Å²) in [6.07, 6.45) is 6.35. The molecule has 0 aromatic carbocycles. The van der Waals surface area contributed by atoms with E-state index in [1.165, 1.54) is 18.6 Å². The summed E-state index contributed by atoms with van der Waals surface area (Å²) in [4.78, 5) is 10.9. The zero-order valence-electron chi connectivity index (χ0n) is 8.84. The second-order valence-corrected chi connectivity index (χ2v) is 4.68. The van der Waals surface area contributed by atoms with E-state index in [-0.39, 0.29) is 5.91 Å². The van der Waals surface area contributed by atoms with Gasteiger partial charge in [-0.15, -0.1) is 0 Å². The molecule has 2 N–H and O–H groups in total. The van der Waals surface area contributed by atoms with Crippen LogP contribution in [-0.2, 0) is 4.79 Å². The van der Waals surface area contributed by atoms with Crippen LogP contribution >= 0.6 is 11.8 Å². The first-order valence-electron chi connectivity index (χ1n) is 5.32. The summed E-state index contributed by atoms with van der Waals surface area (Å²) in [6, 6.07) is 0.502. The first kappa shape index (κ1) is 11.9. The molecule has 1 fully saturated rings. The van der Waals surface area contributed by atoms with Crippen LogP contribution in [0.3, 0.4) is 0 Å². The molecule has 0 aromatic heterocycles. The highest BCUT2D eigenvalue weighted by Gasteiger charge is 2.16. The van der Waals surface area contributed by atoms with Gasteiger partial charge in [0.2, 0.25) is 5.91 Å². The van der Waals surface area contributed by atoms with Crippen LogP contribution in [-0.4, -0.2) is 37.0 Å². The molecular formula is C10H20N2OS. The van der Waals surface area contributed by atoms with E-state index in [1.807, 2.05) is 11.8 Å². The van der Waals surface area contributed by atoms with E-state index in [9.17, 15) is 4.79 Å². The topological polar surface area (TPSA) is 41.1 Å². The molecule has 0 aliphatic carbocycles. The number of hydrogen-bond acceptors (Lipinski definition) is 3. The minimum absolute atomic E-state index is 0.199. The van der Waals surface area contributed by atoms with Gasteiger partial charge in [0.1, 0.15) is 0 Å². The fourth-order valence-electron chi connectivity index (χ4n) is 1.58. The number of hydrogen-bond donors (Lipinski definition) is 2. The highest BCUT2D eigenvalue weighted by molar-refractivity contribution is 7.98. The Kier molecular flexibility index (Phi) is 6.03. The van der Waals surface area contributed by atoms with E-state index in [4.69, 9.17) is 0 Å². The molecule has 1 saturated heterocycles. The number of carbonyl (C=O) groups excluding carboxylic acids is 1. The second kappa shape index (κ2) is 7.12. The van der Waals surface area contributed by atoms with Gasteiger partial charge in [-0.05, 0) is 37.8 Å². The van der Waals surface area contributed by atoms with Crippen molar-refractivity contribution >= 4 is 17.7 Å². The smallest absolute Gasteiger partial charge is 0.220 e. The van der Waals surface area contributed by atoms with Crippen molar-refractivity contribution in [2.24, 2.45) is 0 Å². The molecule has 1 aliphatic heterocycles. The van der Waals surface area contributed by atoms with E-state index in [0.717, 1.165) is 19.5 Å². The Bertz CT molecular complexity index is 166. The molecule has 0 aromatic rings. The largest absolute Gasteiger partial charge is 0.355 e. The van der Waals surface area contributed by atoms with Crippen molar-refractivity contribution in [3.63, 3.8) is 0 Å². The molecule has 1 amide bonds. The maximum Gasteiger partial charge on any atom is 0.220 e. The number of nitrogens with one attached hydrogen (secondary N) is 2. The van der Waals surface area contributed by atoms with Crippen LogP contribution in [0.5, 0.6) is 0 Å². The number of rotatable bonds is 6. The minimum atomic E-state index is 0.199. The van der Waals surface area contributed by atoms with Crippen LogP contribution < -0.4 is 10.6 Å². The van der Waals surface area contributed by atoms with Crippen LogP contribution in [0.4, 0.5) is 0 Å². The van der Waals surface area contributed by atoms with Gasteiger partial charge in [-0.1, -0.05) is 0 Å². The maximum absolute atomic E-state index is 10.9. The van der Waals surface area contributed by atoms with E-state index >= 15 is 0 Å². The maximum atomic E-state index is 10.9. The van der Waals surface area contributed by atoms with E-state index in [0.29, 0.717) is 12.5 Å². The van der Waals surface area contributed by atoms with Crippen LogP contribution in [0.1, 0.15) is 25.7 Å². The minimum Gasteiger partial charge on any atom is -0.355 e. The van der Waals surface area contributed by atoms with Crippen LogP contribution in [0.15, 0.2) is 0 Å². The summed E-state index contributed by atoms with van der Waals surface area (Å²) in [5.74, 6) is 1.45.